The zero-order valence-electron chi connectivity index (χ0n) is 12.0. The van der Waals surface area contributed by atoms with Crippen LogP contribution < -0.4 is 0 Å². The molecule has 4 aromatic rings. The molecule has 4 aromatic carbocycles. The van der Waals surface area contributed by atoms with Gasteiger partial charge in [-0.3, -0.25) is 4.79 Å². The van der Waals surface area contributed by atoms with Crippen molar-refractivity contribution in [2.75, 3.05) is 0 Å². The predicted molar refractivity (Wildman–Crippen MR) is 92.3 cm³/mol. The molecular weight excluding hydrogens is 268 g/mol. The van der Waals surface area contributed by atoms with Crippen molar-refractivity contribution in [3.8, 4) is 11.1 Å². The van der Waals surface area contributed by atoms with Gasteiger partial charge in [0.2, 0.25) is 0 Å². The quantitative estimate of drug-likeness (QED) is 0.352. The molecule has 0 unspecified atom stereocenters. The summed E-state index contributed by atoms with van der Waals surface area (Å²) in [7, 11) is 0. The minimum absolute atomic E-state index is 0.725. The second kappa shape index (κ2) is 5.12. The van der Waals surface area contributed by atoms with Crippen molar-refractivity contribution >= 4 is 27.8 Å². The first-order chi connectivity index (χ1) is 10.9. The number of hydrogen-bond donors (Lipinski definition) is 0. The van der Waals surface area contributed by atoms with Crippen LogP contribution in [0.2, 0.25) is 0 Å². The van der Waals surface area contributed by atoms with Crippen molar-refractivity contribution in [1.29, 1.82) is 0 Å². The number of hydrogen-bond acceptors (Lipinski definition) is 1. The van der Waals surface area contributed by atoms with Crippen LogP contribution in [0.25, 0.3) is 32.7 Å². The Morgan fingerprint density at radius 1 is 0.591 bits per heavy atom. The van der Waals surface area contributed by atoms with Crippen LogP contribution in [0.4, 0.5) is 0 Å². The Bertz CT molecular complexity index is 999. The summed E-state index contributed by atoms with van der Waals surface area (Å²) in [6.45, 7) is 0. The number of fused-ring (bicyclic) bond motifs is 2. The molecule has 0 N–H and O–H groups in total. The Balaban J connectivity index is 2.09. The van der Waals surface area contributed by atoms with Crippen LogP contribution in [0.1, 0.15) is 10.4 Å². The maximum Gasteiger partial charge on any atom is 0.150 e. The van der Waals surface area contributed by atoms with Crippen LogP contribution in [0.5, 0.6) is 0 Å². The Labute approximate surface area is 128 Å². The lowest BCUT2D eigenvalue weighted by atomic mass is 9.93. The second-order valence-electron chi connectivity index (χ2n) is 5.43. The van der Waals surface area contributed by atoms with E-state index in [2.05, 4.69) is 48.5 Å². The van der Waals surface area contributed by atoms with Crippen LogP contribution in [-0.2, 0) is 0 Å². The van der Waals surface area contributed by atoms with Gasteiger partial charge in [0, 0.05) is 5.56 Å². The Morgan fingerprint density at radius 2 is 1.23 bits per heavy atom. The first kappa shape index (κ1) is 12.8. The lowest BCUT2D eigenvalue weighted by Gasteiger charge is -2.10. The SMILES string of the molecule is O=Cc1ccccc1-c1cccc2cc3ccccc3cc12. The molecule has 0 fully saturated rings. The number of aldehydes is 1. The molecule has 0 aromatic heterocycles. The Morgan fingerprint density at radius 3 is 2.05 bits per heavy atom. The van der Waals surface area contributed by atoms with Gasteiger partial charge in [-0.05, 0) is 44.8 Å². The van der Waals surface area contributed by atoms with Gasteiger partial charge in [-0.2, -0.15) is 0 Å². The van der Waals surface area contributed by atoms with E-state index in [-0.39, 0.29) is 0 Å². The van der Waals surface area contributed by atoms with Gasteiger partial charge in [-0.25, -0.2) is 0 Å². The smallest absolute Gasteiger partial charge is 0.150 e. The Hall–Kier alpha value is -2.93. The first-order valence-corrected chi connectivity index (χ1v) is 7.33. The van der Waals surface area contributed by atoms with E-state index in [4.69, 9.17) is 0 Å². The maximum absolute atomic E-state index is 11.3. The largest absolute Gasteiger partial charge is 0.298 e. The molecule has 4 rings (SSSR count). The molecular formula is C21H14O. The fraction of sp³-hybridized carbons (Fsp3) is 0. The van der Waals surface area contributed by atoms with E-state index in [1.54, 1.807) is 0 Å². The van der Waals surface area contributed by atoms with Crippen molar-refractivity contribution in [3.63, 3.8) is 0 Å². The molecule has 0 spiro atoms. The first-order valence-electron chi connectivity index (χ1n) is 7.33. The van der Waals surface area contributed by atoms with Crippen LogP contribution in [0.3, 0.4) is 0 Å². The number of carbonyl (C=O) groups is 1. The molecule has 0 aliphatic heterocycles. The van der Waals surface area contributed by atoms with Gasteiger partial charge in [0.25, 0.3) is 0 Å². The molecule has 0 heterocycles. The summed E-state index contributed by atoms with van der Waals surface area (Å²) in [6, 6.07) is 26.8. The number of carbonyl (C=O) groups excluding carboxylic acids is 1. The molecule has 0 aliphatic carbocycles. The summed E-state index contributed by atoms with van der Waals surface area (Å²) in [5.41, 5.74) is 2.81. The molecule has 0 aliphatic rings. The highest BCUT2D eigenvalue weighted by Crippen LogP contribution is 2.33. The highest BCUT2D eigenvalue weighted by Gasteiger charge is 2.08. The average Bonchev–Trinajstić information content (AvgIpc) is 2.59. The van der Waals surface area contributed by atoms with Crippen molar-refractivity contribution in [1.82, 2.24) is 0 Å². The second-order valence-corrected chi connectivity index (χ2v) is 5.43. The zero-order chi connectivity index (χ0) is 14.9. The number of rotatable bonds is 2. The molecule has 104 valence electrons. The summed E-state index contributed by atoms with van der Waals surface area (Å²) in [4.78, 5) is 11.3. The van der Waals surface area contributed by atoms with Crippen molar-refractivity contribution in [2.24, 2.45) is 0 Å². The summed E-state index contributed by atoms with van der Waals surface area (Å²) in [5.74, 6) is 0. The van der Waals surface area contributed by atoms with Gasteiger partial charge < -0.3 is 0 Å². The van der Waals surface area contributed by atoms with Gasteiger partial charge in [-0.1, -0.05) is 66.7 Å². The third kappa shape index (κ3) is 1.99. The molecule has 22 heavy (non-hydrogen) atoms. The molecule has 1 heteroatoms. The Kier molecular flexibility index (Phi) is 2.97. The molecule has 1 nitrogen and oxygen atoms in total. The summed E-state index contributed by atoms with van der Waals surface area (Å²) >= 11 is 0. The normalized spacial score (nSPS) is 10.9. The minimum Gasteiger partial charge on any atom is -0.298 e. The number of benzene rings is 4. The summed E-state index contributed by atoms with van der Waals surface area (Å²) in [6.07, 6.45) is 0.926. The fourth-order valence-electron chi connectivity index (χ4n) is 3.05. The molecule has 0 radical (unpaired) electrons. The zero-order valence-corrected chi connectivity index (χ0v) is 12.0. The maximum atomic E-state index is 11.3. The summed E-state index contributed by atoms with van der Waals surface area (Å²) < 4.78 is 0. The standard InChI is InChI=1S/C21H14O/c22-14-18-8-3-4-10-19(18)20-11-5-9-17-12-15-6-1-2-7-16(15)13-21(17)20/h1-14H. The van der Waals surface area contributed by atoms with Gasteiger partial charge in [0.15, 0.2) is 6.29 Å². The monoisotopic (exact) mass is 282 g/mol. The van der Waals surface area contributed by atoms with E-state index in [1.807, 2.05) is 30.3 Å². The van der Waals surface area contributed by atoms with E-state index in [9.17, 15) is 4.79 Å². The lowest BCUT2D eigenvalue weighted by molar-refractivity contribution is 0.112. The van der Waals surface area contributed by atoms with Crippen LogP contribution in [-0.4, -0.2) is 6.29 Å². The van der Waals surface area contributed by atoms with Crippen LogP contribution in [0.15, 0.2) is 78.9 Å². The van der Waals surface area contributed by atoms with Gasteiger partial charge in [0.05, 0.1) is 0 Å². The van der Waals surface area contributed by atoms with Crippen molar-refractivity contribution in [2.45, 2.75) is 0 Å². The van der Waals surface area contributed by atoms with Gasteiger partial charge in [0.1, 0.15) is 0 Å². The van der Waals surface area contributed by atoms with E-state index >= 15 is 0 Å². The van der Waals surface area contributed by atoms with Gasteiger partial charge in [-0.15, -0.1) is 0 Å². The van der Waals surface area contributed by atoms with Gasteiger partial charge >= 0.3 is 0 Å². The lowest BCUT2D eigenvalue weighted by Crippen LogP contribution is -1.88. The predicted octanol–water partition coefficient (Wildman–Crippen LogP) is 5.47. The van der Waals surface area contributed by atoms with E-state index in [0.29, 0.717) is 0 Å². The van der Waals surface area contributed by atoms with E-state index in [1.165, 1.54) is 21.5 Å². The highest BCUT2D eigenvalue weighted by molar-refractivity contribution is 6.06. The van der Waals surface area contributed by atoms with E-state index in [0.717, 1.165) is 23.0 Å². The summed E-state index contributed by atoms with van der Waals surface area (Å²) in [5, 5.41) is 4.81. The topological polar surface area (TPSA) is 17.1 Å². The molecule has 0 atom stereocenters. The van der Waals surface area contributed by atoms with Crippen molar-refractivity contribution in [3.05, 3.63) is 84.4 Å². The average molecular weight is 282 g/mol. The molecule has 0 bridgehead atoms. The third-order valence-electron chi connectivity index (χ3n) is 4.12. The third-order valence-corrected chi connectivity index (χ3v) is 4.12. The highest BCUT2D eigenvalue weighted by atomic mass is 16.1. The van der Waals surface area contributed by atoms with Crippen LogP contribution in [0, 0.1) is 0 Å². The fourth-order valence-corrected chi connectivity index (χ4v) is 3.05. The van der Waals surface area contributed by atoms with Crippen LogP contribution >= 0.6 is 0 Å². The molecule has 0 saturated carbocycles. The van der Waals surface area contributed by atoms with E-state index < -0.39 is 0 Å². The van der Waals surface area contributed by atoms with Crippen molar-refractivity contribution < 1.29 is 4.79 Å². The molecule has 0 saturated heterocycles. The minimum atomic E-state index is 0.725. The molecule has 0 amide bonds.